The van der Waals surface area contributed by atoms with Crippen LogP contribution in [0.5, 0.6) is 5.75 Å². The summed E-state index contributed by atoms with van der Waals surface area (Å²) in [5, 5.41) is 3.20. The summed E-state index contributed by atoms with van der Waals surface area (Å²) in [6.07, 6.45) is 6.43. The first-order chi connectivity index (χ1) is 14.4. The zero-order valence-electron chi connectivity index (χ0n) is 18.0. The van der Waals surface area contributed by atoms with Gasteiger partial charge in [-0.15, -0.1) is 0 Å². The van der Waals surface area contributed by atoms with Gasteiger partial charge in [0.25, 0.3) is 0 Å². The first kappa shape index (κ1) is 20.5. The van der Waals surface area contributed by atoms with Crippen LogP contribution in [0.25, 0.3) is 0 Å². The maximum Gasteiger partial charge on any atom is 0.414 e. The van der Waals surface area contributed by atoms with Crippen LogP contribution in [0, 0.1) is 12.8 Å². The number of hydrogen-bond acceptors (Lipinski definition) is 3. The molecule has 2 aliphatic rings. The summed E-state index contributed by atoms with van der Waals surface area (Å²) in [6.45, 7) is 2.05. The molecule has 0 saturated heterocycles. The van der Waals surface area contributed by atoms with Gasteiger partial charge >= 0.3 is 6.09 Å². The zero-order valence-corrected chi connectivity index (χ0v) is 18.0. The fourth-order valence-corrected chi connectivity index (χ4v) is 5.11. The van der Waals surface area contributed by atoms with Gasteiger partial charge in [0.15, 0.2) is 0 Å². The number of para-hydroxylation sites is 1. The lowest BCUT2D eigenvalue weighted by molar-refractivity contribution is -0.121. The molecule has 30 heavy (non-hydrogen) atoms. The Morgan fingerprint density at radius 1 is 1.03 bits per heavy atom. The largest absolute Gasteiger partial charge is 0.414 e. The Kier molecular flexibility index (Phi) is 5.54. The van der Waals surface area contributed by atoms with Crippen molar-refractivity contribution in [2.24, 2.45) is 5.92 Å². The smallest absolute Gasteiger partial charge is 0.410 e. The van der Waals surface area contributed by atoms with Crippen LogP contribution in [-0.2, 0) is 10.2 Å². The van der Waals surface area contributed by atoms with E-state index in [4.69, 9.17) is 4.74 Å². The number of anilines is 1. The third kappa shape index (κ3) is 3.36. The van der Waals surface area contributed by atoms with Gasteiger partial charge < -0.3 is 15.0 Å². The number of rotatable bonds is 3. The zero-order chi connectivity index (χ0) is 21.3. The van der Waals surface area contributed by atoms with E-state index in [1.165, 1.54) is 17.7 Å². The minimum absolute atomic E-state index is 0.0664. The average Bonchev–Trinajstić information content (AvgIpc) is 2.88. The van der Waals surface area contributed by atoms with Gasteiger partial charge in [-0.2, -0.15) is 0 Å². The molecule has 0 aromatic heterocycles. The minimum atomic E-state index is -0.699. The molecular formula is C25H30N2O3. The molecule has 2 aromatic carbocycles. The molecular weight excluding hydrogens is 376 g/mol. The third-order valence-electron chi connectivity index (χ3n) is 6.64. The summed E-state index contributed by atoms with van der Waals surface area (Å²) in [6, 6.07) is 13.7. The second-order valence-corrected chi connectivity index (χ2v) is 8.73. The fraction of sp³-hybridized carbons (Fsp3) is 0.440. The van der Waals surface area contributed by atoms with E-state index in [2.05, 4.69) is 11.4 Å². The van der Waals surface area contributed by atoms with Crippen LogP contribution in [-0.4, -0.2) is 31.0 Å². The van der Waals surface area contributed by atoms with Crippen molar-refractivity contribution in [3.63, 3.8) is 0 Å². The summed E-state index contributed by atoms with van der Waals surface area (Å²) in [7, 11) is 3.31. The van der Waals surface area contributed by atoms with Crippen molar-refractivity contribution < 1.29 is 14.3 Å². The topological polar surface area (TPSA) is 58.6 Å². The molecule has 0 radical (unpaired) electrons. The van der Waals surface area contributed by atoms with Gasteiger partial charge in [0.1, 0.15) is 11.2 Å². The molecule has 1 N–H and O–H groups in total. The van der Waals surface area contributed by atoms with E-state index >= 15 is 0 Å². The SMILES string of the molecule is Cc1cccc2c1NC(=O)C2(c1ccc(OC(=O)N(C)C)cc1)C1CCCCCC1. The highest BCUT2D eigenvalue weighted by Gasteiger charge is 2.53. The molecule has 1 atom stereocenters. The number of nitrogens with zero attached hydrogens (tertiary/aromatic N) is 1. The number of amides is 2. The van der Waals surface area contributed by atoms with Crippen LogP contribution in [0.3, 0.4) is 0 Å². The average molecular weight is 407 g/mol. The molecule has 2 aromatic rings. The van der Waals surface area contributed by atoms with Crippen molar-refractivity contribution >= 4 is 17.7 Å². The first-order valence-electron chi connectivity index (χ1n) is 10.9. The highest BCUT2D eigenvalue weighted by molar-refractivity contribution is 6.09. The van der Waals surface area contributed by atoms with Gasteiger partial charge in [0.05, 0.1) is 0 Å². The predicted octanol–water partition coefficient (Wildman–Crippen LogP) is 5.26. The van der Waals surface area contributed by atoms with Crippen molar-refractivity contribution in [3.8, 4) is 5.75 Å². The van der Waals surface area contributed by atoms with Crippen LogP contribution in [0.4, 0.5) is 10.5 Å². The Bertz CT molecular complexity index is 943. The molecule has 158 valence electrons. The van der Waals surface area contributed by atoms with Gasteiger partial charge in [-0.1, -0.05) is 56.0 Å². The van der Waals surface area contributed by atoms with Crippen molar-refractivity contribution in [2.75, 3.05) is 19.4 Å². The molecule has 1 aliphatic carbocycles. The Morgan fingerprint density at radius 3 is 2.33 bits per heavy atom. The summed E-state index contributed by atoms with van der Waals surface area (Å²) >= 11 is 0. The number of nitrogens with one attached hydrogen (secondary N) is 1. The predicted molar refractivity (Wildman–Crippen MR) is 118 cm³/mol. The minimum Gasteiger partial charge on any atom is -0.410 e. The maximum absolute atomic E-state index is 13.7. The summed E-state index contributed by atoms with van der Waals surface area (Å²) < 4.78 is 5.39. The molecule has 2 amide bonds. The van der Waals surface area contributed by atoms with Gasteiger partial charge in [-0.25, -0.2) is 4.79 Å². The quantitative estimate of drug-likeness (QED) is 0.707. The van der Waals surface area contributed by atoms with Crippen LogP contribution in [0.2, 0.25) is 0 Å². The molecule has 1 heterocycles. The number of aryl methyl sites for hydroxylation is 1. The van der Waals surface area contributed by atoms with Gasteiger partial charge in [-0.05, 0) is 54.5 Å². The van der Waals surface area contributed by atoms with E-state index in [1.54, 1.807) is 26.2 Å². The number of carbonyl (C=O) groups is 2. The first-order valence-corrected chi connectivity index (χ1v) is 10.9. The van der Waals surface area contributed by atoms with E-state index in [-0.39, 0.29) is 11.8 Å². The van der Waals surface area contributed by atoms with Gasteiger partial charge in [0.2, 0.25) is 5.91 Å². The highest BCUT2D eigenvalue weighted by atomic mass is 16.6. The molecule has 4 rings (SSSR count). The van der Waals surface area contributed by atoms with Crippen molar-refractivity contribution in [3.05, 3.63) is 59.2 Å². The lowest BCUT2D eigenvalue weighted by Crippen LogP contribution is -2.43. The van der Waals surface area contributed by atoms with Crippen LogP contribution in [0.1, 0.15) is 55.2 Å². The maximum atomic E-state index is 13.7. The van der Waals surface area contributed by atoms with E-state index in [0.717, 1.165) is 48.1 Å². The number of carbonyl (C=O) groups excluding carboxylic acids is 2. The normalized spacial score (nSPS) is 21.5. The Hall–Kier alpha value is -2.82. The second-order valence-electron chi connectivity index (χ2n) is 8.73. The van der Waals surface area contributed by atoms with E-state index in [0.29, 0.717) is 5.75 Å². The van der Waals surface area contributed by atoms with Crippen molar-refractivity contribution in [1.82, 2.24) is 4.90 Å². The lowest BCUT2D eigenvalue weighted by Gasteiger charge is -2.36. The Balaban J connectivity index is 1.81. The number of ether oxygens (including phenoxy) is 1. The molecule has 1 fully saturated rings. The Labute approximate surface area is 178 Å². The summed E-state index contributed by atoms with van der Waals surface area (Å²) in [4.78, 5) is 27.0. The summed E-state index contributed by atoms with van der Waals surface area (Å²) in [5.41, 5.74) is 3.40. The van der Waals surface area contributed by atoms with Crippen LogP contribution >= 0.6 is 0 Å². The molecule has 1 aliphatic heterocycles. The Morgan fingerprint density at radius 2 is 1.70 bits per heavy atom. The van der Waals surface area contributed by atoms with Crippen LogP contribution < -0.4 is 10.1 Å². The van der Waals surface area contributed by atoms with E-state index < -0.39 is 11.5 Å². The molecule has 1 unspecified atom stereocenters. The van der Waals surface area contributed by atoms with Crippen molar-refractivity contribution in [2.45, 2.75) is 50.9 Å². The monoisotopic (exact) mass is 406 g/mol. The van der Waals surface area contributed by atoms with Gasteiger partial charge in [0, 0.05) is 19.8 Å². The fourth-order valence-electron chi connectivity index (χ4n) is 5.11. The van der Waals surface area contributed by atoms with Crippen LogP contribution in [0.15, 0.2) is 42.5 Å². The molecule has 1 saturated carbocycles. The third-order valence-corrected chi connectivity index (χ3v) is 6.64. The van der Waals surface area contributed by atoms with Crippen molar-refractivity contribution in [1.29, 1.82) is 0 Å². The second kappa shape index (κ2) is 8.13. The molecule has 0 spiro atoms. The lowest BCUT2D eigenvalue weighted by atomic mass is 9.64. The standard InChI is InChI=1S/C25H30N2O3/c1-17-9-8-12-21-22(17)26-23(28)25(21,18-10-6-4-5-7-11-18)19-13-15-20(16-14-19)30-24(29)27(2)3/h8-9,12-16,18H,4-7,10-11H2,1-3H3,(H,26,28). The highest BCUT2D eigenvalue weighted by Crippen LogP contribution is 2.52. The molecule has 5 heteroatoms. The van der Waals surface area contributed by atoms with Gasteiger partial charge in [-0.3, -0.25) is 4.79 Å². The van der Waals surface area contributed by atoms with E-state index in [9.17, 15) is 9.59 Å². The molecule has 5 nitrogen and oxygen atoms in total. The number of benzene rings is 2. The molecule has 0 bridgehead atoms. The number of fused-ring (bicyclic) bond motifs is 1. The number of hydrogen-bond donors (Lipinski definition) is 1. The summed E-state index contributed by atoms with van der Waals surface area (Å²) in [5.74, 6) is 0.797. The van der Waals surface area contributed by atoms with E-state index in [1.807, 2.05) is 31.2 Å².